The molecular formula is C19H14FNO4S. The van der Waals surface area contributed by atoms with E-state index < -0.39 is 15.8 Å². The maximum atomic E-state index is 13.8. The Labute approximate surface area is 149 Å². The lowest BCUT2D eigenvalue weighted by Gasteiger charge is -2.09. The van der Waals surface area contributed by atoms with Crippen molar-refractivity contribution in [2.24, 2.45) is 0 Å². The highest BCUT2D eigenvalue weighted by molar-refractivity contribution is 7.92. The van der Waals surface area contributed by atoms with Crippen LogP contribution in [-0.4, -0.2) is 15.5 Å². The van der Waals surface area contributed by atoms with Gasteiger partial charge in [0.05, 0.1) is 17.7 Å². The summed E-state index contributed by atoms with van der Waals surface area (Å²) in [5.74, 6) is -0.768. The summed E-state index contributed by atoms with van der Waals surface area (Å²) in [6, 6.07) is 16.1. The number of fused-ring (bicyclic) bond motifs is 3. The second-order valence-electron chi connectivity index (χ2n) is 5.71. The fourth-order valence-corrected chi connectivity index (χ4v) is 3.88. The molecule has 0 spiro atoms. The number of benzene rings is 3. The van der Waals surface area contributed by atoms with Gasteiger partial charge in [-0.15, -0.1) is 0 Å². The fraction of sp³-hybridized carbons (Fsp3) is 0.0526. The van der Waals surface area contributed by atoms with Gasteiger partial charge < -0.3 is 9.15 Å². The zero-order valence-electron chi connectivity index (χ0n) is 13.7. The number of sulfonamides is 1. The average Bonchev–Trinajstić information content (AvgIpc) is 2.99. The molecule has 0 amide bonds. The van der Waals surface area contributed by atoms with Crippen LogP contribution >= 0.6 is 0 Å². The van der Waals surface area contributed by atoms with E-state index in [0.29, 0.717) is 11.3 Å². The summed E-state index contributed by atoms with van der Waals surface area (Å²) >= 11 is 0. The Balaban J connectivity index is 1.71. The molecule has 1 aromatic heterocycles. The van der Waals surface area contributed by atoms with Crippen molar-refractivity contribution in [1.82, 2.24) is 0 Å². The molecule has 132 valence electrons. The molecule has 3 aromatic carbocycles. The summed E-state index contributed by atoms with van der Waals surface area (Å²) < 4.78 is 51.8. The van der Waals surface area contributed by atoms with Crippen LogP contribution in [0.2, 0.25) is 0 Å². The Morgan fingerprint density at radius 2 is 1.73 bits per heavy atom. The van der Waals surface area contributed by atoms with Crippen LogP contribution in [0.25, 0.3) is 21.9 Å². The summed E-state index contributed by atoms with van der Waals surface area (Å²) in [5.41, 5.74) is 1.61. The lowest BCUT2D eigenvalue weighted by atomic mass is 10.1. The van der Waals surface area contributed by atoms with E-state index >= 15 is 0 Å². The van der Waals surface area contributed by atoms with Gasteiger partial charge in [-0.2, -0.15) is 0 Å². The molecule has 0 aliphatic carbocycles. The number of methoxy groups -OCH3 is 1. The first-order chi connectivity index (χ1) is 12.5. The van der Waals surface area contributed by atoms with Crippen molar-refractivity contribution < 1.29 is 22.0 Å². The molecule has 5 nitrogen and oxygen atoms in total. The standard InChI is InChI=1S/C19H14FNO4S/c1-24-18-9-7-13(11-16(18)20)26(22,23)21-12-6-8-15-14-4-2-3-5-17(14)25-19(15)10-12/h2-11,21H,1H3. The molecule has 1 heterocycles. The highest BCUT2D eigenvalue weighted by atomic mass is 32.2. The largest absolute Gasteiger partial charge is 0.494 e. The zero-order valence-corrected chi connectivity index (χ0v) is 14.5. The molecule has 0 saturated carbocycles. The summed E-state index contributed by atoms with van der Waals surface area (Å²) in [5, 5.41) is 1.84. The van der Waals surface area contributed by atoms with Crippen molar-refractivity contribution in [3.05, 3.63) is 66.5 Å². The summed E-state index contributed by atoms with van der Waals surface area (Å²) in [4.78, 5) is -0.194. The minimum atomic E-state index is -3.95. The van der Waals surface area contributed by atoms with Gasteiger partial charge in [-0.1, -0.05) is 18.2 Å². The highest BCUT2D eigenvalue weighted by Crippen LogP contribution is 2.31. The van der Waals surface area contributed by atoms with Gasteiger partial charge in [-0.25, -0.2) is 12.8 Å². The van der Waals surface area contributed by atoms with E-state index in [1.807, 2.05) is 24.3 Å². The molecule has 0 aliphatic rings. The number of furan rings is 1. The van der Waals surface area contributed by atoms with Crippen LogP contribution in [0, 0.1) is 5.82 Å². The quantitative estimate of drug-likeness (QED) is 0.572. The number of halogens is 1. The van der Waals surface area contributed by atoms with E-state index in [2.05, 4.69) is 4.72 Å². The van der Waals surface area contributed by atoms with Crippen molar-refractivity contribution in [2.45, 2.75) is 4.90 Å². The van der Waals surface area contributed by atoms with Crippen LogP contribution in [0.4, 0.5) is 10.1 Å². The minimum absolute atomic E-state index is 0.0207. The molecule has 7 heteroatoms. The molecule has 0 radical (unpaired) electrons. The number of nitrogens with one attached hydrogen (secondary N) is 1. The van der Waals surface area contributed by atoms with Crippen LogP contribution in [0.1, 0.15) is 0 Å². The summed E-state index contributed by atoms with van der Waals surface area (Å²) in [6.07, 6.45) is 0. The fourth-order valence-electron chi connectivity index (χ4n) is 2.82. The van der Waals surface area contributed by atoms with Crippen molar-refractivity contribution in [3.63, 3.8) is 0 Å². The third kappa shape index (κ3) is 2.76. The third-order valence-corrected chi connectivity index (χ3v) is 5.44. The van der Waals surface area contributed by atoms with E-state index in [1.54, 1.807) is 18.2 Å². The predicted octanol–water partition coefficient (Wildman–Crippen LogP) is 4.53. The third-order valence-electron chi connectivity index (χ3n) is 4.06. The number of anilines is 1. The normalized spacial score (nSPS) is 11.8. The SMILES string of the molecule is COc1ccc(S(=O)(=O)Nc2ccc3c(c2)oc2ccccc23)cc1F. The van der Waals surface area contributed by atoms with Crippen LogP contribution in [0.5, 0.6) is 5.75 Å². The lowest BCUT2D eigenvalue weighted by molar-refractivity contribution is 0.385. The van der Waals surface area contributed by atoms with Gasteiger partial charge in [-0.05, 0) is 36.4 Å². The Bertz CT molecular complexity index is 1230. The van der Waals surface area contributed by atoms with Gasteiger partial charge in [0.15, 0.2) is 11.6 Å². The number of rotatable bonds is 4. The first-order valence-electron chi connectivity index (χ1n) is 7.75. The molecule has 4 aromatic rings. The highest BCUT2D eigenvalue weighted by Gasteiger charge is 2.17. The lowest BCUT2D eigenvalue weighted by Crippen LogP contribution is -2.13. The molecule has 0 atom stereocenters. The van der Waals surface area contributed by atoms with Crippen LogP contribution in [-0.2, 0) is 10.0 Å². The maximum Gasteiger partial charge on any atom is 0.262 e. The van der Waals surface area contributed by atoms with Crippen LogP contribution in [0.15, 0.2) is 70.0 Å². The van der Waals surface area contributed by atoms with Gasteiger partial charge in [0.25, 0.3) is 10.0 Å². The summed E-state index contributed by atoms with van der Waals surface area (Å²) in [7, 11) is -2.63. The Morgan fingerprint density at radius 3 is 2.50 bits per heavy atom. The van der Waals surface area contributed by atoms with Gasteiger partial charge in [0.1, 0.15) is 11.2 Å². The van der Waals surface area contributed by atoms with Crippen molar-refractivity contribution >= 4 is 37.6 Å². The van der Waals surface area contributed by atoms with Crippen molar-refractivity contribution in [1.29, 1.82) is 0 Å². The Morgan fingerprint density at radius 1 is 0.962 bits per heavy atom. The molecule has 0 bridgehead atoms. The number of hydrogen-bond acceptors (Lipinski definition) is 4. The van der Waals surface area contributed by atoms with Gasteiger partial charge >= 0.3 is 0 Å². The van der Waals surface area contributed by atoms with E-state index in [4.69, 9.17) is 9.15 Å². The van der Waals surface area contributed by atoms with Crippen molar-refractivity contribution in [2.75, 3.05) is 11.8 Å². The number of para-hydroxylation sites is 1. The molecule has 1 N–H and O–H groups in total. The number of ether oxygens (including phenoxy) is 1. The Kier molecular flexibility index (Phi) is 3.81. The second-order valence-corrected chi connectivity index (χ2v) is 7.39. The molecule has 0 fully saturated rings. The van der Waals surface area contributed by atoms with E-state index in [0.717, 1.165) is 22.4 Å². The van der Waals surface area contributed by atoms with Gasteiger partial charge in [0.2, 0.25) is 0 Å². The molecular weight excluding hydrogens is 357 g/mol. The summed E-state index contributed by atoms with van der Waals surface area (Å²) in [6.45, 7) is 0. The number of hydrogen-bond donors (Lipinski definition) is 1. The molecule has 0 aliphatic heterocycles. The van der Waals surface area contributed by atoms with E-state index in [9.17, 15) is 12.8 Å². The van der Waals surface area contributed by atoms with Gasteiger partial charge in [0, 0.05) is 16.8 Å². The van der Waals surface area contributed by atoms with E-state index in [1.165, 1.54) is 19.2 Å². The first-order valence-corrected chi connectivity index (χ1v) is 9.24. The molecule has 0 saturated heterocycles. The zero-order chi connectivity index (χ0) is 18.3. The van der Waals surface area contributed by atoms with Crippen LogP contribution in [0.3, 0.4) is 0 Å². The van der Waals surface area contributed by atoms with Crippen molar-refractivity contribution in [3.8, 4) is 5.75 Å². The van der Waals surface area contributed by atoms with Crippen LogP contribution < -0.4 is 9.46 Å². The maximum absolute atomic E-state index is 13.8. The molecule has 0 unspecified atom stereocenters. The molecule has 4 rings (SSSR count). The smallest absolute Gasteiger partial charge is 0.262 e. The Hall–Kier alpha value is -3.06. The first kappa shape index (κ1) is 16.4. The second kappa shape index (κ2) is 6.03. The monoisotopic (exact) mass is 371 g/mol. The minimum Gasteiger partial charge on any atom is -0.494 e. The van der Waals surface area contributed by atoms with Gasteiger partial charge in [-0.3, -0.25) is 4.72 Å². The average molecular weight is 371 g/mol. The topological polar surface area (TPSA) is 68.5 Å². The molecule has 26 heavy (non-hydrogen) atoms. The predicted molar refractivity (Wildman–Crippen MR) is 97.5 cm³/mol. The van der Waals surface area contributed by atoms with E-state index in [-0.39, 0.29) is 10.6 Å².